The maximum atomic E-state index is 13.0. The van der Waals surface area contributed by atoms with Gasteiger partial charge in [0.25, 0.3) is 0 Å². The van der Waals surface area contributed by atoms with Gasteiger partial charge in [-0.25, -0.2) is 0 Å². The second-order valence-corrected chi connectivity index (χ2v) is 7.43. The number of alkyl halides is 3. The minimum Gasteiger partial charge on any atom is -0.325 e. The first kappa shape index (κ1) is 20.9. The Labute approximate surface area is 170 Å². The lowest BCUT2D eigenvalue weighted by Crippen LogP contribution is -2.18. The number of benzene rings is 2. The normalized spacial score (nSPS) is 11.3. The zero-order chi connectivity index (χ0) is 21.0. The molecule has 0 saturated carbocycles. The molecule has 1 N–H and O–H groups in total. The first-order valence-electron chi connectivity index (χ1n) is 8.74. The number of amides is 1. The molecule has 0 bridgehead atoms. The first-order chi connectivity index (χ1) is 13.7. The van der Waals surface area contributed by atoms with Gasteiger partial charge in [0.15, 0.2) is 0 Å². The van der Waals surface area contributed by atoms with Crippen LogP contribution in [0, 0.1) is 13.8 Å². The molecule has 0 aliphatic carbocycles. The van der Waals surface area contributed by atoms with Crippen molar-refractivity contribution >= 4 is 23.4 Å². The fourth-order valence-electron chi connectivity index (χ4n) is 2.62. The maximum absolute atomic E-state index is 13.0. The molecule has 3 rings (SSSR count). The third-order valence-electron chi connectivity index (χ3n) is 4.30. The highest BCUT2D eigenvalue weighted by Crippen LogP contribution is 2.34. The smallest absolute Gasteiger partial charge is 0.325 e. The molecule has 150 valence electrons. The van der Waals surface area contributed by atoms with Crippen LogP contribution in [0.25, 0.3) is 11.3 Å². The van der Waals surface area contributed by atoms with Crippen molar-refractivity contribution in [1.82, 2.24) is 10.2 Å². The van der Waals surface area contributed by atoms with Gasteiger partial charge in [-0.05, 0) is 55.3 Å². The van der Waals surface area contributed by atoms with Crippen molar-refractivity contribution in [2.24, 2.45) is 0 Å². The van der Waals surface area contributed by atoms with Gasteiger partial charge in [0.05, 0.1) is 22.7 Å². The molecule has 8 heteroatoms. The Morgan fingerprint density at radius 3 is 2.41 bits per heavy atom. The number of rotatable bonds is 5. The molecule has 0 aliphatic heterocycles. The molecule has 1 amide bonds. The minimum atomic E-state index is -4.54. The van der Waals surface area contributed by atoms with Crippen LogP contribution >= 0.6 is 11.8 Å². The van der Waals surface area contributed by atoms with Gasteiger partial charge in [-0.2, -0.15) is 13.2 Å². The van der Waals surface area contributed by atoms with Gasteiger partial charge in [-0.1, -0.05) is 36.0 Å². The van der Waals surface area contributed by atoms with E-state index in [0.717, 1.165) is 29.0 Å². The largest absolute Gasteiger partial charge is 0.418 e. The summed E-state index contributed by atoms with van der Waals surface area (Å²) in [5.41, 5.74) is 2.85. The van der Waals surface area contributed by atoms with E-state index in [1.807, 2.05) is 32.0 Å². The molecule has 2 aromatic carbocycles. The van der Waals surface area contributed by atoms with Crippen LogP contribution in [0.5, 0.6) is 0 Å². The summed E-state index contributed by atoms with van der Waals surface area (Å²) in [5.74, 6) is -0.629. The number of thioether (sulfide) groups is 1. The number of aryl methyl sites for hydroxylation is 2. The van der Waals surface area contributed by atoms with Gasteiger partial charge in [0.1, 0.15) is 5.03 Å². The Balaban J connectivity index is 1.62. The van der Waals surface area contributed by atoms with Crippen LogP contribution < -0.4 is 5.32 Å². The molecule has 4 nitrogen and oxygen atoms in total. The van der Waals surface area contributed by atoms with Gasteiger partial charge in [0, 0.05) is 5.56 Å². The number of hydrogen-bond donors (Lipinski definition) is 1. The number of hydrogen-bond acceptors (Lipinski definition) is 4. The van der Waals surface area contributed by atoms with Crippen LogP contribution in [0.1, 0.15) is 16.7 Å². The number of aromatic nitrogens is 2. The van der Waals surface area contributed by atoms with Crippen LogP contribution in [0.15, 0.2) is 59.6 Å². The van der Waals surface area contributed by atoms with E-state index in [-0.39, 0.29) is 11.4 Å². The average Bonchev–Trinajstić information content (AvgIpc) is 2.68. The molecule has 0 saturated heterocycles. The van der Waals surface area contributed by atoms with E-state index in [9.17, 15) is 18.0 Å². The van der Waals surface area contributed by atoms with Crippen molar-refractivity contribution in [2.75, 3.05) is 11.1 Å². The zero-order valence-electron chi connectivity index (χ0n) is 15.7. The molecule has 0 atom stereocenters. The highest BCUT2D eigenvalue weighted by molar-refractivity contribution is 7.99. The number of anilines is 1. The molecular weight excluding hydrogens is 399 g/mol. The summed E-state index contributed by atoms with van der Waals surface area (Å²) >= 11 is 1.10. The van der Waals surface area contributed by atoms with Gasteiger partial charge >= 0.3 is 6.18 Å². The fourth-order valence-corrected chi connectivity index (χ4v) is 3.23. The highest BCUT2D eigenvalue weighted by Gasteiger charge is 2.33. The summed E-state index contributed by atoms with van der Waals surface area (Å²) in [6.07, 6.45) is -4.54. The van der Waals surface area contributed by atoms with E-state index in [0.29, 0.717) is 10.7 Å². The molecule has 0 fully saturated rings. The van der Waals surface area contributed by atoms with Crippen molar-refractivity contribution in [3.8, 4) is 11.3 Å². The topological polar surface area (TPSA) is 54.9 Å². The SMILES string of the molecule is Cc1ccc(-c2ccc(SCC(=O)Nc3ccccc3C(F)(F)F)nn2)cc1C. The Morgan fingerprint density at radius 2 is 1.76 bits per heavy atom. The minimum absolute atomic E-state index is 0.0795. The standard InChI is InChI=1S/C21H18F3N3OS/c1-13-7-8-15(11-14(13)2)17-9-10-20(27-26-17)29-12-19(28)25-18-6-4-3-5-16(18)21(22,23)24/h3-11H,12H2,1-2H3,(H,25,28). The number of carbonyl (C=O) groups excluding carboxylic acids is 1. The third-order valence-corrected chi connectivity index (χ3v) is 5.22. The van der Waals surface area contributed by atoms with Crippen molar-refractivity contribution in [2.45, 2.75) is 25.0 Å². The number of para-hydroxylation sites is 1. The summed E-state index contributed by atoms with van der Waals surface area (Å²) in [4.78, 5) is 12.1. The number of halogens is 3. The van der Waals surface area contributed by atoms with Crippen molar-refractivity contribution in [3.05, 3.63) is 71.3 Å². The first-order valence-corrected chi connectivity index (χ1v) is 9.73. The fraction of sp³-hybridized carbons (Fsp3) is 0.190. The van der Waals surface area contributed by atoms with Crippen molar-refractivity contribution < 1.29 is 18.0 Å². The Hall–Kier alpha value is -2.87. The quantitative estimate of drug-likeness (QED) is 0.556. The maximum Gasteiger partial charge on any atom is 0.418 e. The van der Waals surface area contributed by atoms with E-state index in [1.54, 1.807) is 12.1 Å². The van der Waals surface area contributed by atoms with E-state index in [4.69, 9.17) is 0 Å². The molecule has 0 aliphatic rings. The van der Waals surface area contributed by atoms with E-state index in [2.05, 4.69) is 15.5 Å². The average molecular weight is 417 g/mol. The number of carbonyl (C=O) groups is 1. The van der Waals surface area contributed by atoms with Gasteiger partial charge in [-0.15, -0.1) is 10.2 Å². The van der Waals surface area contributed by atoms with Crippen LogP contribution in [0.3, 0.4) is 0 Å². The Kier molecular flexibility index (Phi) is 6.22. The summed E-state index contributed by atoms with van der Waals surface area (Å²) < 4.78 is 39.0. The molecule has 1 aromatic heterocycles. The predicted octanol–water partition coefficient (Wildman–Crippen LogP) is 5.51. The Morgan fingerprint density at radius 1 is 1.00 bits per heavy atom. The lowest BCUT2D eigenvalue weighted by molar-refractivity contribution is -0.137. The third kappa shape index (κ3) is 5.35. The van der Waals surface area contributed by atoms with Crippen LogP contribution in [-0.4, -0.2) is 21.9 Å². The molecule has 0 radical (unpaired) electrons. The van der Waals surface area contributed by atoms with E-state index < -0.39 is 17.6 Å². The van der Waals surface area contributed by atoms with Gasteiger partial charge < -0.3 is 5.32 Å². The molecular formula is C21H18F3N3OS. The van der Waals surface area contributed by atoms with Gasteiger partial charge in [0.2, 0.25) is 5.91 Å². The number of nitrogens with zero attached hydrogens (tertiary/aromatic N) is 2. The Bertz CT molecular complexity index is 1020. The lowest BCUT2D eigenvalue weighted by atomic mass is 10.0. The summed E-state index contributed by atoms with van der Waals surface area (Å²) in [7, 11) is 0. The van der Waals surface area contributed by atoms with E-state index in [1.165, 1.54) is 23.8 Å². The lowest BCUT2D eigenvalue weighted by Gasteiger charge is -2.13. The molecule has 0 spiro atoms. The van der Waals surface area contributed by atoms with Crippen LogP contribution in [0.2, 0.25) is 0 Å². The molecule has 29 heavy (non-hydrogen) atoms. The molecule has 1 heterocycles. The summed E-state index contributed by atoms with van der Waals surface area (Å²) in [5, 5.41) is 11.1. The summed E-state index contributed by atoms with van der Waals surface area (Å²) in [6.45, 7) is 4.05. The molecule has 0 unspecified atom stereocenters. The van der Waals surface area contributed by atoms with E-state index >= 15 is 0 Å². The second kappa shape index (κ2) is 8.65. The van der Waals surface area contributed by atoms with Crippen molar-refractivity contribution in [1.29, 1.82) is 0 Å². The van der Waals surface area contributed by atoms with Crippen molar-refractivity contribution in [3.63, 3.8) is 0 Å². The highest BCUT2D eigenvalue weighted by atomic mass is 32.2. The monoisotopic (exact) mass is 417 g/mol. The van der Waals surface area contributed by atoms with Crippen LogP contribution in [0.4, 0.5) is 18.9 Å². The van der Waals surface area contributed by atoms with Gasteiger partial charge in [-0.3, -0.25) is 4.79 Å². The summed E-state index contributed by atoms with van der Waals surface area (Å²) in [6, 6.07) is 14.4. The zero-order valence-corrected chi connectivity index (χ0v) is 16.6. The number of nitrogens with one attached hydrogen (secondary N) is 1. The second-order valence-electron chi connectivity index (χ2n) is 6.44. The molecule has 3 aromatic rings. The predicted molar refractivity (Wildman–Crippen MR) is 108 cm³/mol. The van der Waals surface area contributed by atoms with Crippen LogP contribution in [-0.2, 0) is 11.0 Å².